The van der Waals surface area contributed by atoms with Crippen molar-refractivity contribution in [2.45, 2.75) is 6.92 Å². The highest BCUT2D eigenvalue weighted by Crippen LogP contribution is 2.16. The number of nitrogens with two attached hydrogens (primary N) is 1. The Morgan fingerprint density at radius 3 is 2.81 bits per heavy atom. The molecule has 1 rings (SSSR count). The van der Waals surface area contributed by atoms with Crippen molar-refractivity contribution in [2.24, 2.45) is 11.7 Å². The van der Waals surface area contributed by atoms with Gasteiger partial charge in [-0.2, -0.15) is 0 Å². The molecule has 86 valence electrons. The van der Waals surface area contributed by atoms with Crippen LogP contribution in [-0.4, -0.2) is 18.8 Å². The van der Waals surface area contributed by atoms with Crippen LogP contribution >= 0.6 is 0 Å². The first kappa shape index (κ1) is 12.2. The summed E-state index contributed by atoms with van der Waals surface area (Å²) >= 11 is 0. The van der Waals surface area contributed by atoms with Crippen LogP contribution in [0.15, 0.2) is 18.2 Å². The molecule has 1 amide bonds. The minimum atomic E-state index is -0.564. The molecule has 0 fully saturated rings. The number of hydrogen-bond donors (Lipinski definition) is 1. The normalized spacial score (nSPS) is 11.9. The number of hydrogen-bond acceptors (Lipinski definition) is 3. The van der Waals surface area contributed by atoms with Gasteiger partial charge in [-0.25, -0.2) is 4.39 Å². The lowest BCUT2D eigenvalue weighted by Crippen LogP contribution is -2.25. The van der Waals surface area contributed by atoms with Crippen molar-refractivity contribution in [1.82, 2.24) is 0 Å². The SMILES string of the molecule is CC(COc1cc(F)cc(C=O)c1)C(N)=O. The molecule has 0 aliphatic rings. The van der Waals surface area contributed by atoms with Crippen LogP contribution in [0.5, 0.6) is 5.75 Å². The highest BCUT2D eigenvalue weighted by atomic mass is 19.1. The Hall–Kier alpha value is -1.91. The second-order valence-corrected chi connectivity index (χ2v) is 3.45. The number of halogens is 1. The molecule has 0 aromatic heterocycles. The summed E-state index contributed by atoms with van der Waals surface area (Å²) in [6.45, 7) is 1.65. The summed E-state index contributed by atoms with van der Waals surface area (Å²) in [6, 6.07) is 3.63. The molecule has 0 radical (unpaired) electrons. The van der Waals surface area contributed by atoms with Crippen LogP contribution in [0.3, 0.4) is 0 Å². The van der Waals surface area contributed by atoms with Gasteiger partial charge in [-0.3, -0.25) is 9.59 Å². The Morgan fingerprint density at radius 1 is 1.56 bits per heavy atom. The zero-order valence-electron chi connectivity index (χ0n) is 8.77. The van der Waals surface area contributed by atoms with Gasteiger partial charge in [0.05, 0.1) is 12.5 Å². The minimum absolute atomic E-state index is 0.0527. The van der Waals surface area contributed by atoms with E-state index in [4.69, 9.17) is 10.5 Å². The zero-order chi connectivity index (χ0) is 12.1. The third kappa shape index (κ3) is 3.34. The molecule has 0 bridgehead atoms. The van der Waals surface area contributed by atoms with Crippen LogP contribution in [0.25, 0.3) is 0 Å². The van der Waals surface area contributed by atoms with Crippen LogP contribution in [0.1, 0.15) is 17.3 Å². The van der Waals surface area contributed by atoms with Gasteiger partial charge in [-0.15, -0.1) is 0 Å². The Labute approximate surface area is 92.2 Å². The number of rotatable bonds is 5. The summed E-state index contributed by atoms with van der Waals surface area (Å²) in [5.74, 6) is -1.32. The average molecular weight is 225 g/mol. The Bertz CT molecular complexity index is 406. The van der Waals surface area contributed by atoms with Crippen molar-refractivity contribution >= 4 is 12.2 Å². The molecule has 2 N–H and O–H groups in total. The molecular weight excluding hydrogens is 213 g/mol. The maximum absolute atomic E-state index is 13.0. The van der Waals surface area contributed by atoms with E-state index in [9.17, 15) is 14.0 Å². The number of benzene rings is 1. The van der Waals surface area contributed by atoms with Crippen molar-refractivity contribution in [3.63, 3.8) is 0 Å². The van der Waals surface area contributed by atoms with Crippen LogP contribution in [-0.2, 0) is 4.79 Å². The number of carbonyl (C=O) groups is 2. The maximum atomic E-state index is 13.0. The lowest BCUT2D eigenvalue weighted by Gasteiger charge is -2.10. The molecule has 0 aliphatic carbocycles. The molecule has 0 saturated carbocycles. The predicted octanol–water partition coefficient (Wildman–Crippen LogP) is 1.14. The van der Waals surface area contributed by atoms with E-state index in [0.717, 1.165) is 12.1 Å². The number of ether oxygens (including phenoxy) is 1. The van der Waals surface area contributed by atoms with Gasteiger partial charge in [0.1, 0.15) is 17.9 Å². The third-order valence-electron chi connectivity index (χ3n) is 2.02. The Morgan fingerprint density at radius 2 is 2.25 bits per heavy atom. The van der Waals surface area contributed by atoms with E-state index < -0.39 is 17.6 Å². The van der Waals surface area contributed by atoms with E-state index in [-0.39, 0.29) is 17.9 Å². The topological polar surface area (TPSA) is 69.4 Å². The van der Waals surface area contributed by atoms with Crippen molar-refractivity contribution in [3.8, 4) is 5.75 Å². The van der Waals surface area contributed by atoms with Crippen LogP contribution in [0.4, 0.5) is 4.39 Å². The third-order valence-corrected chi connectivity index (χ3v) is 2.02. The van der Waals surface area contributed by atoms with Crippen LogP contribution < -0.4 is 10.5 Å². The van der Waals surface area contributed by atoms with E-state index in [2.05, 4.69) is 0 Å². The van der Waals surface area contributed by atoms with E-state index in [0.29, 0.717) is 6.29 Å². The second-order valence-electron chi connectivity index (χ2n) is 3.45. The van der Waals surface area contributed by atoms with Gasteiger partial charge in [0.25, 0.3) is 0 Å². The molecule has 16 heavy (non-hydrogen) atoms. The molecule has 1 aromatic rings. The number of aldehydes is 1. The van der Waals surface area contributed by atoms with Crippen LogP contribution in [0, 0.1) is 11.7 Å². The molecule has 0 aliphatic heterocycles. The fourth-order valence-electron chi connectivity index (χ4n) is 1.04. The average Bonchev–Trinajstić information content (AvgIpc) is 2.24. The summed E-state index contributed by atoms with van der Waals surface area (Å²) in [7, 11) is 0. The van der Waals surface area contributed by atoms with Gasteiger partial charge in [0.15, 0.2) is 0 Å². The summed E-state index contributed by atoms with van der Waals surface area (Å²) in [6.07, 6.45) is 0.521. The maximum Gasteiger partial charge on any atom is 0.223 e. The molecule has 5 heteroatoms. The minimum Gasteiger partial charge on any atom is -0.493 e. The molecule has 0 spiro atoms. The summed E-state index contributed by atoms with van der Waals surface area (Å²) in [4.78, 5) is 21.2. The summed E-state index contributed by atoms with van der Waals surface area (Å²) < 4.78 is 18.1. The van der Waals surface area contributed by atoms with Crippen molar-refractivity contribution in [3.05, 3.63) is 29.6 Å². The molecule has 0 heterocycles. The van der Waals surface area contributed by atoms with Gasteiger partial charge in [-0.05, 0) is 12.1 Å². The first-order chi connectivity index (χ1) is 7.52. The van der Waals surface area contributed by atoms with E-state index in [1.54, 1.807) is 6.92 Å². The van der Waals surface area contributed by atoms with E-state index in [1.165, 1.54) is 6.07 Å². The Kier molecular flexibility index (Phi) is 3.99. The molecule has 1 aromatic carbocycles. The summed E-state index contributed by atoms with van der Waals surface area (Å²) in [5, 5.41) is 0. The Balaban J connectivity index is 2.70. The predicted molar refractivity (Wildman–Crippen MR) is 55.6 cm³/mol. The van der Waals surface area contributed by atoms with Crippen molar-refractivity contribution < 1.29 is 18.7 Å². The molecule has 4 nitrogen and oxygen atoms in total. The quantitative estimate of drug-likeness (QED) is 0.764. The highest BCUT2D eigenvalue weighted by Gasteiger charge is 2.10. The van der Waals surface area contributed by atoms with Gasteiger partial charge in [0.2, 0.25) is 5.91 Å². The first-order valence-electron chi connectivity index (χ1n) is 4.71. The molecular formula is C11H12FNO3. The summed E-state index contributed by atoms with van der Waals surface area (Å²) in [5.41, 5.74) is 5.22. The zero-order valence-corrected chi connectivity index (χ0v) is 8.77. The van der Waals surface area contributed by atoms with Crippen LogP contribution in [0.2, 0.25) is 0 Å². The van der Waals surface area contributed by atoms with E-state index >= 15 is 0 Å². The van der Waals surface area contributed by atoms with Gasteiger partial charge >= 0.3 is 0 Å². The number of primary amides is 1. The lowest BCUT2D eigenvalue weighted by molar-refractivity contribution is -0.122. The monoisotopic (exact) mass is 225 g/mol. The molecule has 0 saturated heterocycles. The molecule has 1 atom stereocenters. The standard InChI is InChI=1S/C11H12FNO3/c1-7(11(13)15)6-16-10-3-8(5-14)2-9(12)4-10/h2-5,7H,6H2,1H3,(H2,13,15). The van der Waals surface area contributed by atoms with Crippen molar-refractivity contribution in [1.29, 1.82) is 0 Å². The number of carbonyl (C=O) groups excluding carboxylic acids is 2. The van der Waals surface area contributed by atoms with Gasteiger partial charge in [-0.1, -0.05) is 6.92 Å². The smallest absolute Gasteiger partial charge is 0.223 e. The second kappa shape index (κ2) is 5.25. The fourth-order valence-corrected chi connectivity index (χ4v) is 1.04. The van der Waals surface area contributed by atoms with E-state index in [1.807, 2.05) is 0 Å². The fraction of sp³-hybridized carbons (Fsp3) is 0.273. The van der Waals surface area contributed by atoms with Gasteiger partial charge in [0, 0.05) is 11.6 Å². The largest absolute Gasteiger partial charge is 0.493 e. The number of amides is 1. The first-order valence-corrected chi connectivity index (χ1v) is 4.71. The highest BCUT2D eigenvalue weighted by molar-refractivity contribution is 5.76. The molecule has 1 unspecified atom stereocenters. The van der Waals surface area contributed by atoms with Gasteiger partial charge < -0.3 is 10.5 Å². The van der Waals surface area contributed by atoms with Crippen molar-refractivity contribution in [2.75, 3.05) is 6.61 Å². The lowest BCUT2D eigenvalue weighted by atomic mass is 10.2.